The lowest BCUT2D eigenvalue weighted by Crippen LogP contribution is -1.96. The lowest BCUT2D eigenvalue weighted by atomic mass is 9.99. The van der Waals surface area contributed by atoms with Gasteiger partial charge < -0.3 is 4.42 Å². The number of para-hydroxylation sites is 2. The number of oxazole rings is 1. The maximum Gasteiger partial charge on any atom is 0.228 e. The van der Waals surface area contributed by atoms with Gasteiger partial charge in [-0.05, 0) is 58.7 Å². The Bertz CT molecular complexity index is 2860. The molecular weight excluding hydrogens is 655 g/mol. The van der Waals surface area contributed by atoms with Crippen molar-refractivity contribution in [2.75, 3.05) is 0 Å². The Morgan fingerprint density at radius 2 is 1.02 bits per heavy atom. The second-order valence-corrected chi connectivity index (χ2v) is 13.9. The Morgan fingerprint density at radius 3 is 1.81 bits per heavy atom. The fraction of sp³-hybridized carbons (Fsp3) is 0. The molecular formula is C47H29N3OS. The second kappa shape index (κ2) is 12.6. The summed E-state index contributed by atoms with van der Waals surface area (Å²) >= 11 is 1.75. The van der Waals surface area contributed by atoms with Crippen LogP contribution in [-0.2, 0) is 0 Å². The van der Waals surface area contributed by atoms with Crippen molar-refractivity contribution < 1.29 is 4.42 Å². The molecule has 0 amide bonds. The van der Waals surface area contributed by atoms with Gasteiger partial charge in [0.05, 0.1) is 17.0 Å². The highest BCUT2D eigenvalue weighted by Crippen LogP contribution is 2.44. The van der Waals surface area contributed by atoms with Crippen LogP contribution in [0.5, 0.6) is 0 Å². The van der Waals surface area contributed by atoms with E-state index in [0.717, 1.165) is 70.5 Å². The van der Waals surface area contributed by atoms with Crippen LogP contribution in [0.3, 0.4) is 0 Å². The maximum absolute atomic E-state index is 6.25. The number of thiophene rings is 1. The van der Waals surface area contributed by atoms with E-state index in [4.69, 9.17) is 19.4 Å². The van der Waals surface area contributed by atoms with Crippen molar-refractivity contribution >= 4 is 42.6 Å². The molecule has 3 heterocycles. The molecule has 10 rings (SSSR count). The first-order valence-electron chi connectivity index (χ1n) is 17.3. The second-order valence-electron chi connectivity index (χ2n) is 12.8. The van der Waals surface area contributed by atoms with Crippen molar-refractivity contribution in [2.24, 2.45) is 0 Å². The Balaban J connectivity index is 1.16. The minimum Gasteiger partial charge on any atom is -0.436 e. The van der Waals surface area contributed by atoms with Crippen LogP contribution in [-0.4, -0.2) is 15.0 Å². The van der Waals surface area contributed by atoms with Crippen molar-refractivity contribution in [3.63, 3.8) is 0 Å². The largest absolute Gasteiger partial charge is 0.436 e. The Labute approximate surface area is 304 Å². The molecule has 4 nitrogen and oxygen atoms in total. The fourth-order valence-electron chi connectivity index (χ4n) is 7.01. The van der Waals surface area contributed by atoms with Crippen LogP contribution in [0, 0.1) is 0 Å². The van der Waals surface area contributed by atoms with Gasteiger partial charge in [0.15, 0.2) is 11.4 Å². The standard InChI is InChI=1S/C47H29N3OS/c1-3-12-30(13-4-1)32-24-26-33(27-25-32)40-29-41(35-17-9-16-34(28-35)31-14-5-2-6-15-31)49-46(48-40)37-19-11-23-43-44(37)36-18-10-20-38(45(36)52-43)47-50-39-21-7-8-22-42(39)51-47/h1-29H. The summed E-state index contributed by atoms with van der Waals surface area (Å²) in [6.45, 7) is 0. The molecule has 0 saturated heterocycles. The van der Waals surface area contributed by atoms with Gasteiger partial charge >= 0.3 is 0 Å². The number of hydrogen-bond acceptors (Lipinski definition) is 5. The van der Waals surface area contributed by atoms with Crippen LogP contribution in [0.2, 0.25) is 0 Å². The number of benzene rings is 7. The van der Waals surface area contributed by atoms with Gasteiger partial charge in [-0.15, -0.1) is 11.3 Å². The molecule has 52 heavy (non-hydrogen) atoms. The zero-order chi connectivity index (χ0) is 34.4. The summed E-state index contributed by atoms with van der Waals surface area (Å²) in [6, 6.07) is 61.0. The molecule has 0 unspecified atom stereocenters. The van der Waals surface area contributed by atoms with E-state index >= 15 is 0 Å². The first-order chi connectivity index (χ1) is 25.7. The molecule has 0 bridgehead atoms. The van der Waals surface area contributed by atoms with Gasteiger partial charge in [-0.25, -0.2) is 15.0 Å². The maximum atomic E-state index is 6.25. The van der Waals surface area contributed by atoms with Gasteiger partial charge in [-0.1, -0.05) is 140 Å². The monoisotopic (exact) mass is 683 g/mol. The first-order valence-corrected chi connectivity index (χ1v) is 18.1. The van der Waals surface area contributed by atoms with Crippen molar-refractivity contribution in [3.8, 4) is 67.6 Å². The fourth-order valence-corrected chi connectivity index (χ4v) is 8.24. The summed E-state index contributed by atoms with van der Waals surface area (Å²) in [5, 5.41) is 2.25. The number of nitrogens with zero attached hydrogens (tertiary/aromatic N) is 3. The lowest BCUT2D eigenvalue weighted by Gasteiger charge is -2.12. The van der Waals surface area contributed by atoms with Crippen molar-refractivity contribution in [3.05, 3.63) is 176 Å². The van der Waals surface area contributed by atoms with Crippen molar-refractivity contribution in [1.82, 2.24) is 15.0 Å². The molecule has 0 aliphatic carbocycles. The van der Waals surface area contributed by atoms with Gasteiger partial charge in [0.25, 0.3) is 0 Å². The molecule has 0 saturated carbocycles. The van der Waals surface area contributed by atoms with Crippen LogP contribution < -0.4 is 0 Å². The Kier molecular flexibility index (Phi) is 7.29. The van der Waals surface area contributed by atoms with E-state index in [1.165, 1.54) is 16.7 Å². The molecule has 0 spiro atoms. The highest BCUT2D eigenvalue weighted by Gasteiger charge is 2.20. The zero-order valence-electron chi connectivity index (χ0n) is 27.9. The minimum atomic E-state index is 0.623. The summed E-state index contributed by atoms with van der Waals surface area (Å²) in [5.41, 5.74) is 12.1. The van der Waals surface area contributed by atoms with E-state index < -0.39 is 0 Å². The SMILES string of the molecule is c1ccc(-c2ccc(-c3cc(-c4cccc(-c5ccccc5)c4)nc(-c4cccc5sc6c(-c7nc8ccccc8o7)cccc6c45)n3)cc2)cc1. The van der Waals surface area contributed by atoms with E-state index in [1.54, 1.807) is 11.3 Å². The molecule has 0 atom stereocenters. The molecule has 10 aromatic rings. The molecule has 0 aliphatic heterocycles. The predicted octanol–water partition coefficient (Wildman–Crippen LogP) is 13.0. The molecule has 0 fully saturated rings. The summed E-state index contributed by atoms with van der Waals surface area (Å²) in [7, 11) is 0. The molecule has 0 aliphatic rings. The zero-order valence-corrected chi connectivity index (χ0v) is 28.7. The average molecular weight is 684 g/mol. The normalized spacial score (nSPS) is 11.5. The molecule has 244 valence electrons. The van der Waals surface area contributed by atoms with Gasteiger partial charge in [-0.2, -0.15) is 0 Å². The number of rotatable bonds is 6. The first kappa shape index (κ1) is 30.2. The van der Waals surface area contributed by atoms with Crippen molar-refractivity contribution in [1.29, 1.82) is 0 Å². The van der Waals surface area contributed by atoms with Gasteiger partial charge in [0, 0.05) is 36.9 Å². The highest BCUT2D eigenvalue weighted by atomic mass is 32.1. The number of fused-ring (bicyclic) bond motifs is 4. The quantitative estimate of drug-likeness (QED) is 0.175. The number of aromatic nitrogens is 3. The minimum absolute atomic E-state index is 0.623. The van der Waals surface area contributed by atoms with E-state index in [0.29, 0.717) is 11.7 Å². The predicted molar refractivity (Wildman–Crippen MR) is 215 cm³/mol. The highest BCUT2D eigenvalue weighted by molar-refractivity contribution is 7.26. The summed E-state index contributed by atoms with van der Waals surface area (Å²) in [5.74, 6) is 1.31. The van der Waals surface area contributed by atoms with Crippen molar-refractivity contribution in [2.45, 2.75) is 0 Å². The van der Waals surface area contributed by atoms with E-state index in [1.807, 2.05) is 36.4 Å². The van der Waals surface area contributed by atoms with Gasteiger partial charge in [0.2, 0.25) is 5.89 Å². The third-order valence-corrected chi connectivity index (χ3v) is 10.8. The van der Waals surface area contributed by atoms with Gasteiger partial charge in [0.1, 0.15) is 5.52 Å². The van der Waals surface area contributed by atoms with Crippen LogP contribution in [0.4, 0.5) is 0 Å². The van der Waals surface area contributed by atoms with E-state index in [-0.39, 0.29) is 0 Å². The van der Waals surface area contributed by atoms with Crippen LogP contribution in [0.15, 0.2) is 180 Å². The molecule has 5 heteroatoms. The summed E-state index contributed by atoms with van der Waals surface area (Å²) in [6.07, 6.45) is 0. The van der Waals surface area contributed by atoms with Crippen LogP contribution in [0.1, 0.15) is 0 Å². The molecule has 3 aromatic heterocycles. The average Bonchev–Trinajstić information content (AvgIpc) is 3.84. The van der Waals surface area contributed by atoms with E-state index in [9.17, 15) is 0 Å². The summed E-state index contributed by atoms with van der Waals surface area (Å²) < 4.78 is 8.53. The Hall–Kier alpha value is -6.69. The van der Waals surface area contributed by atoms with Crippen LogP contribution in [0.25, 0.3) is 98.9 Å². The Morgan fingerprint density at radius 1 is 0.423 bits per heavy atom. The summed E-state index contributed by atoms with van der Waals surface area (Å²) in [4.78, 5) is 15.4. The topological polar surface area (TPSA) is 51.8 Å². The number of hydrogen-bond donors (Lipinski definition) is 0. The van der Waals surface area contributed by atoms with Gasteiger partial charge in [-0.3, -0.25) is 0 Å². The lowest BCUT2D eigenvalue weighted by molar-refractivity contribution is 0.621. The molecule has 7 aromatic carbocycles. The molecule has 0 radical (unpaired) electrons. The smallest absolute Gasteiger partial charge is 0.228 e. The third-order valence-electron chi connectivity index (χ3n) is 9.57. The third kappa shape index (κ3) is 5.36. The molecule has 0 N–H and O–H groups in total. The van der Waals surface area contributed by atoms with Crippen LogP contribution >= 0.6 is 11.3 Å². The van der Waals surface area contributed by atoms with E-state index in [2.05, 4.69) is 140 Å².